The van der Waals surface area contributed by atoms with Crippen LogP contribution >= 0.6 is 11.5 Å². The van der Waals surface area contributed by atoms with Gasteiger partial charge in [0.15, 0.2) is 0 Å². The maximum absolute atomic E-state index is 4.39. The van der Waals surface area contributed by atoms with Gasteiger partial charge in [0.25, 0.3) is 0 Å². The molecule has 0 aliphatic carbocycles. The first-order chi connectivity index (χ1) is 8.72. The van der Waals surface area contributed by atoms with Gasteiger partial charge in [-0.1, -0.05) is 11.4 Å². The molecule has 0 aliphatic rings. The second kappa shape index (κ2) is 6.06. The first kappa shape index (κ1) is 13.2. The number of nitrogens with one attached hydrogen (secondary N) is 1. The molecule has 2 aromatic rings. The smallest absolute Gasteiger partial charge is 0.110 e. The maximum atomic E-state index is 4.39. The van der Waals surface area contributed by atoms with Gasteiger partial charge in [0, 0.05) is 25.9 Å². The molecule has 1 atom stereocenters. The third-order valence-electron chi connectivity index (χ3n) is 2.95. The zero-order chi connectivity index (χ0) is 13.0. The van der Waals surface area contributed by atoms with Crippen LogP contribution < -0.4 is 5.32 Å². The molecule has 0 amide bonds. The van der Waals surface area contributed by atoms with Crippen molar-refractivity contribution >= 4 is 11.5 Å². The molecule has 0 spiro atoms. The predicted molar refractivity (Wildman–Crippen MR) is 72.6 cm³/mol. The molecule has 0 bridgehead atoms. The molecule has 0 radical (unpaired) electrons. The Balaban J connectivity index is 2.15. The minimum Gasteiger partial charge on any atom is -0.338 e. The lowest BCUT2D eigenvalue weighted by Crippen LogP contribution is -2.25. The number of hydrogen-bond donors (Lipinski definition) is 1. The van der Waals surface area contributed by atoms with E-state index in [-0.39, 0.29) is 6.04 Å². The molecular weight excluding hydrogens is 246 g/mol. The summed E-state index contributed by atoms with van der Waals surface area (Å²) in [7, 11) is 2.02. The van der Waals surface area contributed by atoms with Crippen molar-refractivity contribution in [2.45, 2.75) is 32.7 Å². The summed E-state index contributed by atoms with van der Waals surface area (Å²) in [6, 6.07) is 0.256. The molecule has 98 valence electrons. The summed E-state index contributed by atoms with van der Waals surface area (Å²) >= 11 is 1.48. The average molecular weight is 265 g/mol. The summed E-state index contributed by atoms with van der Waals surface area (Å²) in [4.78, 5) is 5.60. The molecule has 2 heterocycles. The highest BCUT2D eigenvalue weighted by atomic mass is 32.1. The lowest BCUT2D eigenvalue weighted by atomic mass is 10.1. The molecule has 0 saturated carbocycles. The van der Waals surface area contributed by atoms with Crippen LogP contribution in [0.1, 0.15) is 35.8 Å². The van der Waals surface area contributed by atoms with E-state index in [1.165, 1.54) is 16.4 Å². The zero-order valence-corrected chi connectivity index (χ0v) is 11.9. The Morgan fingerprint density at radius 2 is 2.33 bits per heavy atom. The van der Waals surface area contributed by atoms with Crippen LogP contribution in [0.5, 0.6) is 0 Å². The number of aryl methyl sites for hydroxylation is 2. The van der Waals surface area contributed by atoms with Gasteiger partial charge in [-0.2, -0.15) is 0 Å². The molecule has 0 aliphatic heterocycles. The van der Waals surface area contributed by atoms with Crippen molar-refractivity contribution in [2.75, 3.05) is 6.54 Å². The monoisotopic (exact) mass is 265 g/mol. The maximum Gasteiger partial charge on any atom is 0.110 e. The average Bonchev–Trinajstić information content (AvgIpc) is 2.94. The normalized spacial score (nSPS) is 12.8. The fourth-order valence-corrected chi connectivity index (χ4v) is 2.63. The Hall–Kier alpha value is -1.27. The van der Waals surface area contributed by atoms with E-state index in [9.17, 15) is 0 Å². The SMILES string of the molecule is CCCNC(Cc1nccn1C)c1snnc1C. The van der Waals surface area contributed by atoms with E-state index in [0.29, 0.717) is 0 Å². The van der Waals surface area contributed by atoms with Crippen LogP contribution in [0.4, 0.5) is 0 Å². The quantitative estimate of drug-likeness (QED) is 0.866. The van der Waals surface area contributed by atoms with Crippen molar-refractivity contribution in [3.63, 3.8) is 0 Å². The first-order valence-electron chi connectivity index (χ1n) is 6.20. The van der Waals surface area contributed by atoms with Gasteiger partial charge in [-0.05, 0) is 31.4 Å². The van der Waals surface area contributed by atoms with Gasteiger partial charge in [0.05, 0.1) is 16.6 Å². The molecule has 0 aromatic carbocycles. The molecule has 5 nitrogen and oxygen atoms in total. The number of hydrogen-bond acceptors (Lipinski definition) is 5. The fourth-order valence-electron chi connectivity index (χ4n) is 1.91. The second-order valence-electron chi connectivity index (χ2n) is 4.39. The summed E-state index contributed by atoms with van der Waals surface area (Å²) in [5, 5.41) is 7.65. The molecule has 1 N–H and O–H groups in total. The predicted octanol–water partition coefficient (Wildman–Crippen LogP) is 1.86. The highest BCUT2D eigenvalue weighted by Gasteiger charge is 2.18. The minimum atomic E-state index is 0.256. The Bertz CT molecular complexity index is 490. The van der Waals surface area contributed by atoms with Crippen LogP contribution in [0.2, 0.25) is 0 Å². The van der Waals surface area contributed by atoms with Crippen LogP contribution in [-0.4, -0.2) is 25.7 Å². The fraction of sp³-hybridized carbons (Fsp3) is 0.583. The van der Waals surface area contributed by atoms with Crippen LogP contribution in [0.25, 0.3) is 0 Å². The topological polar surface area (TPSA) is 55.6 Å². The van der Waals surface area contributed by atoms with E-state index >= 15 is 0 Å². The van der Waals surface area contributed by atoms with Gasteiger partial charge in [0.1, 0.15) is 5.82 Å². The highest BCUT2D eigenvalue weighted by Crippen LogP contribution is 2.23. The van der Waals surface area contributed by atoms with E-state index in [4.69, 9.17) is 0 Å². The molecule has 2 rings (SSSR count). The van der Waals surface area contributed by atoms with Crippen molar-refractivity contribution in [1.82, 2.24) is 24.5 Å². The number of rotatable bonds is 6. The Morgan fingerprint density at radius 1 is 1.50 bits per heavy atom. The third kappa shape index (κ3) is 2.94. The van der Waals surface area contributed by atoms with Crippen LogP contribution in [0, 0.1) is 6.92 Å². The van der Waals surface area contributed by atoms with E-state index < -0.39 is 0 Å². The largest absolute Gasteiger partial charge is 0.338 e. The summed E-state index contributed by atoms with van der Waals surface area (Å²) in [6.07, 6.45) is 5.80. The van der Waals surface area contributed by atoms with Gasteiger partial charge < -0.3 is 9.88 Å². The number of aromatic nitrogens is 4. The minimum absolute atomic E-state index is 0.256. The van der Waals surface area contributed by atoms with Crippen LogP contribution in [-0.2, 0) is 13.5 Å². The second-order valence-corrected chi connectivity index (χ2v) is 5.17. The molecule has 2 aromatic heterocycles. The van der Waals surface area contributed by atoms with Crippen LogP contribution in [0.3, 0.4) is 0 Å². The highest BCUT2D eigenvalue weighted by molar-refractivity contribution is 7.05. The molecule has 6 heteroatoms. The van der Waals surface area contributed by atoms with Crippen molar-refractivity contribution < 1.29 is 0 Å². The molecule has 0 fully saturated rings. The van der Waals surface area contributed by atoms with Crippen LogP contribution in [0.15, 0.2) is 12.4 Å². The van der Waals surface area contributed by atoms with Gasteiger partial charge in [-0.25, -0.2) is 4.98 Å². The lowest BCUT2D eigenvalue weighted by molar-refractivity contribution is 0.516. The molecule has 1 unspecified atom stereocenters. The van der Waals surface area contributed by atoms with Crippen molar-refractivity contribution in [1.29, 1.82) is 0 Å². The molecule has 0 saturated heterocycles. The first-order valence-corrected chi connectivity index (χ1v) is 6.98. The summed E-state index contributed by atoms with van der Waals surface area (Å²) in [5.74, 6) is 1.08. The van der Waals surface area contributed by atoms with Crippen molar-refractivity contribution in [2.24, 2.45) is 7.05 Å². The Kier molecular flexibility index (Phi) is 4.43. The van der Waals surface area contributed by atoms with Gasteiger partial charge >= 0.3 is 0 Å². The molecular formula is C12H19N5S. The number of nitrogens with zero attached hydrogens (tertiary/aromatic N) is 4. The van der Waals surface area contributed by atoms with Gasteiger partial charge in [-0.3, -0.25) is 0 Å². The summed E-state index contributed by atoms with van der Waals surface area (Å²) < 4.78 is 6.09. The van der Waals surface area contributed by atoms with Gasteiger partial charge in [0.2, 0.25) is 0 Å². The van der Waals surface area contributed by atoms with E-state index in [2.05, 4.69) is 31.4 Å². The third-order valence-corrected chi connectivity index (χ3v) is 3.89. The van der Waals surface area contributed by atoms with E-state index in [1.54, 1.807) is 0 Å². The zero-order valence-electron chi connectivity index (χ0n) is 11.1. The van der Waals surface area contributed by atoms with E-state index in [0.717, 1.165) is 30.9 Å². The standard InChI is InChI=1S/C12H19N5S/c1-4-5-13-10(12-9(2)15-16-18-12)8-11-14-6-7-17(11)3/h6-7,10,13H,4-5,8H2,1-3H3. The number of imidazole rings is 1. The summed E-state index contributed by atoms with van der Waals surface area (Å²) in [6.45, 7) is 5.17. The summed E-state index contributed by atoms with van der Waals surface area (Å²) in [5.41, 5.74) is 1.02. The van der Waals surface area contributed by atoms with Crippen molar-refractivity contribution in [3.8, 4) is 0 Å². The lowest BCUT2D eigenvalue weighted by Gasteiger charge is -2.16. The Labute approximate surface area is 111 Å². The van der Waals surface area contributed by atoms with E-state index in [1.807, 2.05) is 26.4 Å². The van der Waals surface area contributed by atoms with Gasteiger partial charge in [-0.15, -0.1) is 5.10 Å². The Morgan fingerprint density at radius 3 is 2.89 bits per heavy atom. The van der Waals surface area contributed by atoms with Crippen molar-refractivity contribution in [3.05, 3.63) is 28.8 Å². The molecule has 18 heavy (non-hydrogen) atoms.